The number of aliphatic hydroxyl groups excluding tert-OH is 2. The molecular formula is C41H83N3O19. The molecule has 22 heteroatoms. The van der Waals surface area contributed by atoms with E-state index in [9.17, 15) is 19.8 Å². The summed E-state index contributed by atoms with van der Waals surface area (Å²) in [7, 11) is 1.63. The van der Waals surface area contributed by atoms with Crippen molar-refractivity contribution in [3.8, 4) is 0 Å². The molecule has 22 nitrogen and oxygen atoms in total. The molecule has 0 amide bonds. The molecule has 0 aliphatic carbocycles. The summed E-state index contributed by atoms with van der Waals surface area (Å²) in [4.78, 5) is 21.8. The fourth-order valence-electron chi connectivity index (χ4n) is 4.94. The Kier molecular flexibility index (Phi) is 50.3. The number of carbonyl (C=O) groups excluding carboxylic acids is 2. The van der Waals surface area contributed by atoms with Crippen LogP contribution in [0.15, 0.2) is 0 Å². The first kappa shape index (κ1) is 61.5. The summed E-state index contributed by atoms with van der Waals surface area (Å²) in [6.45, 7) is 11.9. The highest BCUT2D eigenvalue weighted by molar-refractivity contribution is 5.49. The van der Waals surface area contributed by atoms with E-state index in [0.717, 1.165) is 12.6 Å². The van der Waals surface area contributed by atoms with Crippen molar-refractivity contribution in [2.45, 2.75) is 43.7 Å². The van der Waals surface area contributed by atoms with Crippen molar-refractivity contribution in [3.63, 3.8) is 0 Å². The number of ether oxygens (including phenoxy) is 15. The van der Waals surface area contributed by atoms with Crippen LogP contribution >= 0.6 is 0 Å². The topological polar surface area (TPSA) is 263 Å². The van der Waals surface area contributed by atoms with Crippen LogP contribution in [0.5, 0.6) is 0 Å². The largest absolute Gasteiger partial charge is 0.382 e. The lowest BCUT2D eigenvalue weighted by molar-refractivity contribution is -0.110. The Morgan fingerprint density at radius 2 is 0.746 bits per heavy atom. The second-order valence-corrected chi connectivity index (χ2v) is 13.6. The molecule has 0 aromatic carbocycles. The van der Waals surface area contributed by atoms with Crippen molar-refractivity contribution >= 4 is 12.6 Å². The molecular weight excluding hydrogens is 838 g/mol. The molecule has 63 heavy (non-hydrogen) atoms. The standard InChI is InChI=1S/C41H83N3O19/c1-49-16-17-53-24-25-57-30-31-59-34-35-60-33-32-58-29-28-56-23-20-52-15-7-43-39(47)4-13-63-38-41(36-61-10-2-8-45,37-62-11-3-9-46)44-40(48)5-12-50-18-21-54-26-27-55-22-19-51-14-6-42/h8-9,39-40,43-44,47-48H,2-7,10-38,42H2,1H3. The lowest BCUT2D eigenvalue weighted by atomic mass is 10.0. The van der Waals surface area contributed by atoms with Gasteiger partial charge in [0.1, 0.15) is 25.0 Å². The van der Waals surface area contributed by atoms with Crippen molar-refractivity contribution < 1.29 is 90.9 Å². The van der Waals surface area contributed by atoms with Crippen LogP contribution in [0.4, 0.5) is 0 Å². The van der Waals surface area contributed by atoms with Crippen LogP contribution in [0.2, 0.25) is 0 Å². The number of aldehydes is 2. The van der Waals surface area contributed by atoms with Gasteiger partial charge in [-0.1, -0.05) is 0 Å². The first-order chi connectivity index (χ1) is 31.0. The summed E-state index contributed by atoms with van der Waals surface area (Å²) in [5, 5.41) is 27.4. The van der Waals surface area contributed by atoms with E-state index < -0.39 is 18.0 Å². The molecule has 0 aromatic rings. The molecule has 0 saturated heterocycles. The lowest BCUT2D eigenvalue weighted by Crippen LogP contribution is -2.60. The highest BCUT2D eigenvalue weighted by Gasteiger charge is 2.34. The third-order valence-corrected chi connectivity index (χ3v) is 8.11. The van der Waals surface area contributed by atoms with Gasteiger partial charge >= 0.3 is 0 Å². The molecule has 2 unspecified atom stereocenters. The maximum atomic E-state index is 10.9. The second kappa shape index (κ2) is 51.5. The Morgan fingerprint density at radius 3 is 1.13 bits per heavy atom. The van der Waals surface area contributed by atoms with Crippen LogP contribution in [0.1, 0.15) is 25.7 Å². The van der Waals surface area contributed by atoms with E-state index in [0.29, 0.717) is 158 Å². The Morgan fingerprint density at radius 1 is 0.429 bits per heavy atom. The number of hydrogen-bond donors (Lipinski definition) is 5. The molecule has 6 N–H and O–H groups in total. The molecule has 376 valence electrons. The SMILES string of the molecule is COCCOCCOCCOCCOCCOCCOCCOCCNC(O)CCOCC(COCCC=O)(COCCC=O)NC(O)CCOCCOCCOCCOCCN. The van der Waals surface area contributed by atoms with Crippen LogP contribution in [0.25, 0.3) is 0 Å². The highest BCUT2D eigenvalue weighted by Crippen LogP contribution is 2.12. The minimum atomic E-state index is -1.04. The van der Waals surface area contributed by atoms with Gasteiger partial charge in [-0.2, -0.15) is 0 Å². The first-order valence-electron chi connectivity index (χ1n) is 22.1. The number of methoxy groups -OCH3 is 1. The summed E-state index contributed by atoms with van der Waals surface area (Å²) in [5.41, 5.74) is 4.33. The summed E-state index contributed by atoms with van der Waals surface area (Å²) < 4.78 is 82.3. The molecule has 0 fully saturated rings. The maximum Gasteiger partial charge on any atom is 0.122 e. The predicted molar refractivity (Wildman–Crippen MR) is 229 cm³/mol. The zero-order chi connectivity index (χ0) is 45.8. The second-order valence-electron chi connectivity index (χ2n) is 13.6. The highest BCUT2D eigenvalue weighted by atomic mass is 16.6. The van der Waals surface area contributed by atoms with E-state index in [2.05, 4.69) is 10.6 Å². The third kappa shape index (κ3) is 46.9. The molecule has 0 aliphatic rings. The summed E-state index contributed by atoms with van der Waals surface area (Å²) in [5.74, 6) is 0. The molecule has 0 radical (unpaired) electrons. The van der Waals surface area contributed by atoms with Crippen LogP contribution in [0, 0.1) is 0 Å². The smallest absolute Gasteiger partial charge is 0.122 e. The van der Waals surface area contributed by atoms with Gasteiger partial charge in [0.05, 0.1) is 197 Å². The summed E-state index contributed by atoms with van der Waals surface area (Å²) in [6, 6.07) is 0. The minimum Gasteiger partial charge on any atom is -0.382 e. The molecule has 0 aliphatic heterocycles. The fourth-order valence-corrected chi connectivity index (χ4v) is 4.94. The Labute approximate surface area is 374 Å². The van der Waals surface area contributed by atoms with Crippen molar-refractivity contribution in [1.29, 1.82) is 0 Å². The quantitative estimate of drug-likeness (QED) is 0.0260. The van der Waals surface area contributed by atoms with Gasteiger partial charge in [0.2, 0.25) is 0 Å². The van der Waals surface area contributed by atoms with Gasteiger partial charge in [0.15, 0.2) is 0 Å². The predicted octanol–water partition coefficient (Wildman–Crippen LogP) is -1.66. The average Bonchev–Trinajstić information content (AvgIpc) is 3.28. The average molecular weight is 922 g/mol. The molecule has 0 saturated carbocycles. The fraction of sp³-hybridized carbons (Fsp3) is 0.951. The Bertz CT molecular complexity index is 908. The van der Waals surface area contributed by atoms with Crippen molar-refractivity contribution in [2.24, 2.45) is 5.73 Å². The van der Waals surface area contributed by atoms with E-state index in [1.165, 1.54) is 0 Å². The molecule has 2 atom stereocenters. The van der Waals surface area contributed by atoms with Crippen LogP contribution in [0.3, 0.4) is 0 Å². The van der Waals surface area contributed by atoms with Gasteiger partial charge in [-0.3, -0.25) is 10.6 Å². The Balaban J connectivity index is 4.16. The van der Waals surface area contributed by atoms with Crippen molar-refractivity contribution in [2.75, 3.05) is 212 Å². The van der Waals surface area contributed by atoms with E-state index in [-0.39, 0.29) is 71.9 Å². The summed E-state index contributed by atoms with van der Waals surface area (Å²) in [6.07, 6.45) is 0.528. The molecule has 0 heterocycles. The van der Waals surface area contributed by atoms with Crippen molar-refractivity contribution in [3.05, 3.63) is 0 Å². The zero-order valence-electron chi connectivity index (χ0n) is 38.0. The maximum absolute atomic E-state index is 10.9. The summed E-state index contributed by atoms with van der Waals surface area (Å²) >= 11 is 0. The number of nitrogens with two attached hydrogens (primary N) is 1. The normalized spacial score (nSPS) is 12.9. The number of hydrogen-bond acceptors (Lipinski definition) is 22. The van der Waals surface area contributed by atoms with E-state index in [1.807, 2.05) is 0 Å². The Hall–Kier alpha value is -1.46. The third-order valence-electron chi connectivity index (χ3n) is 8.11. The number of aliphatic hydroxyl groups is 2. The van der Waals surface area contributed by atoms with Gasteiger partial charge in [-0.15, -0.1) is 0 Å². The first-order valence-corrected chi connectivity index (χ1v) is 22.1. The minimum absolute atomic E-state index is 0.0389. The van der Waals surface area contributed by atoms with Gasteiger partial charge in [0, 0.05) is 45.9 Å². The van der Waals surface area contributed by atoms with Gasteiger partial charge < -0.3 is 96.6 Å². The van der Waals surface area contributed by atoms with Crippen LogP contribution < -0.4 is 16.4 Å². The number of rotatable bonds is 56. The molecule has 0 spiro atoms. The lowest BCUT2D eigenvalue weighted by Gasteiger charge is -2.36. The van der Waals surface area contributed by atoms with Crippen LogP contribution in [-0.2, 0) is 80.6 Å². The van der Waals surface area contributed by atoms with E-state index in [1.54, 1.807) is 7.11 Å². The molecule has 0 aromatic heterocycles. The monoisotopic (exact) mass is 922 g/mol. The van der Waals surface area contributed by atoms with Crippen LogP contribution in [-0.4, -0.2) is 253 Å². The van der Waals surface area contributed by atoms with Crippen molar-refractivity contribution in [1.82, 2.24) is 10.6 Å². The van der Waals surface area contributed by atoms with Gasteiger partial charge in [0.25, 0.3) is 0 Å². The van der Waals surface area contributed by atoms with E-state index >= 15 is 0 Å². The molecule has 0 bridgehead atoms. The number of nitrogens with one attached hydrogen (secondary N) is 2. The van der Waals surface area contributed by atoms with E-state index in [4.69, 9.17) is 76.8 Å². The van der Waals surface area contributed by atoms with Gasteiger partial charge in [-0.05, 0) is 0 Å². The van der Waals surface area contributed by atoms with Gasteiger partial charge in [-0.25, -0.2) is 0 Å². The number of carbonyl (C=O) groups is 2. The molecule has 0 rings (SSSR count). The zero-order valence-corrected chi connectivity index (χ0v) is 38.0.